The van der Waals surface area contributed by atoms with Crippen molar-refractivity contribution >= 4 is 0 Å². The summed E-state index contributed by atoms with van der Waals surface area (Å²) in [5, 5.41) is 0. The molecule has 0 nitrogen and oxygen atoms in total. The standard InChI is InChI=1S/C42H62/c1-26-22-31(42(11,12)13)25-34(26)37(27-14-16-28(17-15-27)39(2,3)4)38-32-20-18-29(40(5,6)7)23-35(32)36-24-30(41(8,9)10)19-21-33(36)38/h14-21,23-24,26,31-38H,22,25H2,1-13H3. The van der Waals surface area contributed by atoms with Gasteiger partial charge in [0.05, 0.1) is 0 Å². The van der Waals surface area contributed by atoms with Crippen molar-refractivity contribution in [3.8, 4) is 0 Å². The van der Waals surface area contributed by atoms with Gasteiger partial charge in [-0.05, 0) is 110 Å². The van der Waals surface area contributed by atoms with Crippen LogP contribution in [0.3, 0.4) is 0 Å². The van der Waals surface area contributed by atoms with Crippen LogP contribution >= 0.6 is 0 Å². The van der Waals surface area contributed by atoms with Crippen LogP contribution in [-0.4, -0.2) is 0 Å². The zero-order valence-corrected chi connectivity index (χ0v) is 29.4. The van der Waals surface area contributed by atoms with Gasteiger partial charge in [0.25, 0.3) is 0 Å². The van der Waals surface area contributed by atoms with Gasteiger partial charge in [-0.1, -0.05) is 151 Å². The van der Waals surface area contributed by atoms with Crippen LogP contribution < -0.4 is 0 Å². The molecule has 4 aliphatic carbocycles. The first-order chi connectivity index (χ1) is 19.3. The summed E-state index contributed by atoms with van der Waals surface area (Å²) in [4.78, 5) is 0. The summed E-state index contributed by atoms with van der Waals surface area (Å²) in [5.74, 6) is 5.79. The minimum absolute atomic E-state index is 0.177. The first-order valence-corrected chi connectivity index (χ1v) is 17.2. The maximum absolute atomic E-state index is 2.72. The summed E-state index contributed by atoms with van der Waals surface area (Å²) in [5.41, 5.74) is 7.00. The molecule has 0 aromatic heterocycles. The van der Waals surface area contributed by atoms with Gasteiger partial charge in [0.1, 0.15) is 0 Å². The minimum Gasteiger partial charge on any atom is -0.0802 e. The predicted molar refractivity (Wildman–Crippen MR) is 184 cm³/mol. The van der Waals surface area contributed by atoms with Crippen molar-refractivity contribution in [1.82, 2.24) is 0 Å². The summed E-state index contributed by atoms with van der Waals surface area (Å²) in [6.45, 7) is 31.4. The van der Waals surface area contributed by atoms with Crippen molar-refractivity contribution in [2.45, 2.75) is 114 Å². The molecule has 0 amide bonds. The van der Waals surface area contributed by atoms with Crippen molar-refractivity contribution in [2.75, 3.05) is 0 Å². The van der Waals surface area contributed by atoms with Crippen LogP contribution in [0, 0.1) is 63.6 Å². The molecule has 0 heteroatoms. The van der Waals surface area contributed by atoms with E-state index in [2.05, 4.69) is 151 Å². The summed E-state index contributed by atoms with van der Waals surface area (Å²) >= 11 is 0. The first-order valence-electron chi connectivity index (χ1n) is 17.2. The van der Waals surface area contributed by atoms with Crippen molar-refractivity contribution in [3.05, 3.63) is 83.0 Å². The quantitative estimate of drug-likeness (QED) is 0.341. The van der Waals surface area contributed by atoms with E-state index in [4.69, 9.17) is 0 Å². The molecular formula is C42H62. The molecule has 0 bridgehead atoms. The molecular weight excluding hydrogens is 504 g/mol. The maximum Gasteiger partial charge on any atom is -0.00909 e. The van der Waals surface area contributed by atoms with Crippen LogP contribution in [0.1, 0.15) is 120 Å². The Morgan fingerprint density at radius 1 is 0.595 bits per heavy atom. The van der Waals surface area contributed by atoms with Gasteiger partial charge in [-0.15, -0.1) is 0 Å². The number of allylic oxidation sites excluding steroid dienone is 8. The Labute approximate surface area is 260 Å². The lowest BCUT2D eigenvalue weighted by molar-refractivity contribution is 0.195. The first kappa shape index (κ1) is 31.6. The van der Waals surface area contributed by atoms with E-state index in [-0.39, 0.29) is 16.2 Å². The highest BCUT2D eigenvalue weighted by Crippen LogP contribution is 2.62. The summed E-state index contributed by atoms with van der Waals surface area (Å²) in [7, 11) is 0. The van der Waals surface area contributed by atoms with E-state index in [1.54, 1.807) is 5.56 Å². The average molecular weight is 567 g/mol. The second-order valence-electron chi connectivity index (χ2n) is 18.9. The third-order valence-corrected chi connectivity index (χ3v) is 11.9. The van der Waals surface area contributed by atoms with E-state index < -0.39 is 0 Å². The van der Waals surface area contributed by atoms with Gasteiger partial charge in [0.15, 0.2) is 0 Å². The fourth-order valence-corrected chi connectivity index (χ4v) is 9.12. The van der Waals surface area contributed by atoms with Gasteiger partial charge in [0, 0.05) is 0 Å². The van der Waals surface area contributed by atoms with Crippen molar-refractivity contribution in [2.24, 2.45) is 63.6 Å². The Morgan fingerprint density at radius 2 is 1.07 bits per heavy atom. The second kappa shape index (κ2) is 10.7. The monoisotopic (exact) mass is 566 g/mol. The van der Waals surface area contributed by atoms with Gasteiger partial charge in [-0.25, -0.2) is 0 Å². The molecule has 1 aromatic carbocycles. The lowest BCUT2D eigenvalue weighted by Crippen LogP contribution is -2.31. The highest BCUT2D eigenvalue weighted by molar-refractivity contribution is 5.41. The van der Waals surface area contributed by atoms with Crippen LogP contribution in [0.25, 0.3) is 0 Å². The lowest BCUT2D eigenvalue weighted by Gasteiger charge is -2.40. The fourth-order valence-electron chi connectivity index (χ4n) is 9.12. The molecule has 2 saturated carbocycles. The predicted octanol–water partition coefficient (Wildman–Crippen LogP) is 12.0. The summed E-state index contributed by atoms with van der Waals surface area (Å²) < 4.78 is 0. The molecule has 2 fully saturated rings. The Balaban J connectivity index is 1.64. The van der Waals surface area contributed by atoms with Crippen molar-refractivity contribution in [1.29, 1.82) is 0 Å². The molecule has 0 saturated heterocycles. The Hall–Kier alpha value is -1.82. The van der Waals surface area contributed by atoms with Crippen LogP contribution in [0.5, 0.6) is 0 Å². The van der Waals surface area contributed by atoms with E-state index >= 15 is 0 Å². The van der Waals surface area contributed by atoms with Crippen molar-refractivity contribution < 1.29 is 0 Å². The maximum atomic E-state index is 2.72. The normalized spacial score (nSPS) is 34.1. The number of hydrogen-bond acceptors (Lipinski definition) is 0. The third-order valence-electron chi connectivity index (χ3n) is 11.9. The van der Waals surface area contributed by atoms with E-state index in [9.17, 15) is 0 Å². The molecule has 0 aliphatic heterocycles. The lowest BCUT2D eigenvalue weighted by atomic mass is 9.64. The molecule has 5 rings (SSSR count). The second-order valence-corrected chi connectivity index (χ2v) is 18.9. The third kappa shape index (κ3) is 5.95. The zero-order valence-electron chi connectivity index (χ0n) is 29.4. The van der Waals surface area contributed by atoms with Gasteiger partial charge < -0.3 is 0 Å². The Morgan fingerprint density at radius 3 is 1.45 bits per heavy atom. The minimum atomic E-state index is 0.177. The summed E-state index contributed by atoms with van der Waals surface area (Å²) in [6.07, 6.45) is 18.5. The van der Waals surface area contributed by atoms with Crippen LogP contribution in [0.15, 0.2) is 71.9 Å². The van der Waals surface area contributed by atoms with Gasteiger partial charge in [0.2, 0.25) is 0 Å². The number of rotatable bonds is 3. The largest absolute Gasteiger partial charge is 0.0802 e. The van der Waals surface area contributed by atoms with E-state index in [1.165, 1.54) is 29.6 Å². The van der Waals surface area contributed by atoms with E-state index in [0.29, 0.717) is 40.9 Å². The molecule has 0 spiro atoms. The van der Waals surface area contributed by atoms with Crippen LogP contribution in [-0.2, 0) is 5.41 Å². The highest BCUT2D eigenvalue weighted by atomic mass is 14.6. The van der Waals surface area contributed by atoms with Crippen molar-refractivity contribution in [3.63, 3.8) is 0 Å². The molecule has 0 N–H and O–H groups in total. The highest BCUT2D eigenvalue weighted by Gasteiger charge is 2.55. The molecule has 42 heavy (non-hydrogen) atoms. The Kier molecular flexibility index (Phi) is 8.02. The molecule has 0 heterocycles. The molecule has 1 aromatic rings. The Bertz CT molecular complexity index is 1200. The molecule has 230 valence electrons. The topological polar surface area (TPSA) is 0 Å². The van der Waals surface area contributed by atoms with Gasteiger partial charge in [-0.3, -0.25) is 0 Å². The SMILES string of the molecule is CC1CC(C(C)(C)C)CC1C(c1ccc(C(C)(C)C)cc1)C1C2C=CC(C(C)(C)C)=CC2C2C=C(C(C)(C)C)C=CC21. The van der Waals surface area contributed by atoms with E-state index in [0.717, 1.165) is 17.8 Å². The number of fused-ring (bicyclic) bond motifs is 3. The van der Waals surface area contributed by atoms with Gasteiger partial charge >= 0.3 is 0 Å². The fraction of sp³-hybridized carbons (Fsp3) is 0.667. The molecule has 0 radical (unpaired) electrons. The summed E-state index contributed by atoms with van der Waals surface area (Å²) in [6, 6.07) is 9.98. The van der Waals surface area contributed by atoms with Crippen LogP contribution in [0.4, 0.5) is 0 Å². The molecule has 8 atom stereocenters. The average Bonchev–Trinajstić information content (AvgIpc) is 3.41. The van der Waals surface area contributed by atoms with Gasteiger partial charge in [-0.2, -0.15) is 0 Å². The smallest absolute Gasteiger partial charge is 0.00909 e. The van der Waals surface area contributed by atoms with Crippen LogP contribution in [0.2, 0.25) is 0 Å². The number of hydrogen-bond donors (Lipinski definition) is 0. The molecule has 8 unspecified atom stereocenters. The zero-order chi connectivity index (χ0) is 31.0. The number of benzene rings is 1. The molecule has 4 aliphatic rings. The van der Waals surface area contributed by atoms with E-state index in [1.807, 2.05) is 0 Å².